The van der Waals surface area contributed by atoms with Crippen molar-refractivity contribution in [2.45, 2.75) is 12.8 Å². The van der Waals surface area contributed by atoms with Gasteiger partial charge in [0.1, 0.15) is 5.75 Å². The number of nitrogens with zero attached hydrogens (tertiary/aromatic N) is 1. The summed E-state index contributed by atoms with van der Waals surface area (Å²) < 4.78 is 5.14. The molecule has 0 fully saturated rings. The van der Waals surface area contributed by atoms with Crippen molar-refractivity contribution in [2.24, 2.45) is 0 Å². The third-order valence-electron chi connectivity index (χ3n) is 2.84. The first-order valence-corrected chi connectivity index (χ1v) is 6.19. The van der Waals surface area contributed by atoms with Gasteiger partial charge in [0.15, 0.2) is 0 Å². The van der Waals surface area contributed by atoms with E-state index in [0.29, 0.717) is 6.42 Å². The van der Waals surface area contributed by atoms with E-state index in [2.05, 4.69) is 5.32 Å². The van der Waals surface area contributed by atoms with Gasteiger partial charge < -0.3 is 15.0 Å². The lowest BCUT2D eigenvalue weighted by Gasteiger charge is -2.17. The molecule has 1 rings (SSSR count). The lowest BCUT2D eigenvalue weighted by atomic mass is 10.1. The van der Waals surface area contributed by atoms with Crippen LogP contribution in [0.2, 0.25) is 0 Å². The number of nitrogens with one attached hydrogen (secondary N) is 1. The minimum Gasteiger partial charge on any atom is -0.497 e. The molecular formula is C14H22N2O2. The molecule has 4 heteroatoms. The lowest BCUT2D eigenvalue weighted by molar-refractivity contribution is -0.129. The van der Waals surface area contributed by atoms with E-state index in [1.54, 1.807) is 12.0 Å². The molecule has 0 unspecified atom stereocenters. The number of hydrogen-bond acceptors (Lipinski definition) is 3. The van der Waals surface area contributed by atoms with Gasteiger partial charge in [-0.2, -0.15) is 0 Å². The Hall–Kier alpha value is -1.55. The van der Waals surface area contributed by atoms with Gasteiger partial charge in [-0.25, -0.2) is 0 Å². The first-order chi connectivity index (χ1) is 8.67. The highest BCUT2D eigenvalue weighted by molar-refractivity contribution is 5.78. The normalized spacial score (nSPS) is 10.2. The Balaban J connectivity index is 2.47. The van der Waals surface area contributed by atoms with E-state index in [-0.39, 0.29) is 5.91 Å². The molecule has 0 aromatic heterocycles. The van der Waals surface area contributed by atoms with Crippen LogP contribution in [-0.2, 0) is 11.2 Å². The van der Waals surface area contributed by atoms with Crippen LogP contribution in [0.5, 0.6) is 5.75 Å². The molecule has 0 saturated carbocycles. The first kappa shape index (κ1) is 14.5. The van der Waals surface area contributed by atoms with Crippen molar-refractivity contribution in [3.8, 4) is 5.75 Å². The smallest absolute Gasteiger partial charge is 0.226 e. The minimum absolute atomic E-state index is 0.138. The summed E-state index contributed by atoms with van der Waals surface area (Å²) in [5.41, 5.74) is 0.986. The second kappa shape index (κ2) is 7.71. The molecule has 1 N–H and O–H groups in total. The van der Waals surface area contributed by atoms with E-state index in [1.807, 2.05) is 38.4 Å². The zero-order valence-electron chi connectivity index (χ0n) is 11.4. The topological polar surface area (TPSA) is 41.6 Å². The van der Waals surface area contributed by atoms with Crippen LogP contribution in [0.15, 0.2) is 24.3 Å². The molecule has 1 aromatic carbocycles. The number of carbonyl (C=O) groups excluding carboxylic acids is 1. The molecule has 0 bridgehead atoms. The SMILES string of the molecule is CNCCCN(C)C(=O)Cc1cccc(OC)c1. The van der Waals surface area contributed by atoms with E-state index in [4.69, 9.17) is 4.74 Å². The highest BCUT2D eigenvalue weighted by Crippen LogP contribution is 2.13. The maximum absolute atomic E-state index is 12.0. The second-order valence-corrected chi connectivity index (χ2v) is 4.30. The summed E-state index contributed by atoms with van der Waals surface area (Å²) >= 11 is 0. The van der Waals surface area contributed by atoms with Crippen LogP contribution < -0.4 is 10.1 Å². The summed E-state index contributed by atoms with van der Waals surface area (Å²) in [5.74, 6) is 0.928. The molecule has 18 heavy (non-hydrogen) atoms. The monoisotopic (exact) mass is 250 g/mol. The molecule has 0 spiro atoms. The number of benzene rings is 1. The van der Waals surface area contributed by atoms with E-state index in [1.165, 1.54) is 0 Å². The molecule has 4 nitrogen and oxygen atoms in total. The molecular weight excluding hydrogens is 228 g/mol. The maximum Gasteiger partial charge on any atom is 0.226 e. The third-order valence-corrected chi connectivity index (χ3v) is 2.84. The van der Waals surface area contributed by atoms with E-state index < -0.39 is 0 Å². The van der Waals surface area contributed by atoms with Gasteiger partial charge in [0.2, 0.25) is 5.91 Å². The minimum atomic E-state index is 0.138. The van der Waals surface area contributed by atoms with Gasteiger partial charge >= 0.3 is 0 Å². The van der Waals surface area contributed by atoms with Crippen LogP contribution in [0.1, 0.15) is 12.0 Å². The van der Waals surface area contributed by atoms with Crippen molar-refractivity contribution >= 4 is 5.91 Å². The lowest BCUT2D eigenvalue weighted by Crippen LogP contribution is -2.30. The summed E-state index contributed by atoms with van der Waals surface area (Å²) in [4.78, 5) is 13.7. The van der Waals surface area contributed by atoms with Crippen LogP contribution in [0, 0.1) is 0 Å². The van der Waals surface area contributed by atoms with Crippen molar-refractivity contribution in [1.29, 1.82) is 0 Å². The zero-order valence-corrected chi connectivity index (χ0v) is 11.4. The van der Waals surface area contributed by atoms with Crippen molar-refractivity contribution in [3.05, 3.63) is 29.8 Å². The average Bonchev–Trinajstić information content (AvgIpc) is 2.39. The van der Waals surface area contributed by atoms with E-state index >= 15 is 0 Å². The molecule has 0 aliphatic heterocycles. The van der Waals surface area contributed by atoms with Gasteiger partial charge in [-0.15, -0.1) is 0 Å². The predicted octanol–water partition coefficient (Wildman–Crippen LogP) is 1.31. The second-order valence-electron chi connectivity index (χ2n) is 4.30. The van der Waals surface area contributed by atoms with Gasteiger partial charge in [-0.05, 0) is 37.7 Å². The Morgan fingerprint density at radius 3 is 2.89 bits per heavy atom. The van der Waals surface area contributed by atoms with Gasteiger partial charge in [-0.3, -0.25) is 4.79 Å². The Morgan fingerprint density at radius 2 is 2.22 bits per heavy atom. The first-order valence-electron chi connectivity index (χ1n) is 6.19. The highest BCUT2D eigenvalue weighted by atomic mass is 16.5. The summed E-state index contributed by atoms with van der Waals surface area (Å²) in [5, 5.41) is 3.07. The fourth-order valence-electron chi connectivity index (χ4n) is 1.71. The van der Waals surface area contributed by atoms with Gasteiger partial charge in [0.05, 0.1) is 13.5 Å². The van der Waals surface area contributed by atoms with Crippen molar-refractivity contribution in [1.82, 2.24) is 10.2 Å². The molecule has 0 aliphatic carbocycles. The largest absolute Gasteiger partial charge is 0.497 e. The number of ether oxygens (including phenoxy) is 1. The van der Waals surface area contributed by atoms with Crippen molar-refractivity contribution in [2.75, 3.05) is 34.3 Å². The number of methoxy groups -OCH3 is 1. The molecule has 0 saturated heterocycles. The van der Waals surface area contributed by atoms with Crippen molar-refractivity contribution < 1.29 is 9.53 Å². The Kier molecular flexibility index (Phi) is 6.22. The Labute approximate surface area is 109 Å². The van der Waals surface area contributed by atoms with E-state index in [0.717, 1.165) is 30.8 Å². The van der Waals surface area contributed by atoms with Crippen LogP contribution in [-0.4, -0.2) is 45.1 Å². The fraction of sp³-hybridized carbons (Fsp3) is 0.500. The van der Waals surface area contributed by atoms with Gasteiger partial charge in [0, 0.05) is 13.6 Å². The highest BCUT2D eigenvalue weighted by Gasteiger charge is 2.09. The number of carbonyl (C=O) groups is 1. The number of likely N-dealkylation sites (N-methyl/N-ethyl adjacent to an activating group) is 1. The standard InChI is InChI=1S/C14H22N2O2/c1-15-8-5-9-16(2)14(17)11-12-6-4-7-13(10-12)18-3/h4,6-7,10,15H,5,8-9,11H2,1-3H3. The molecule has 1 aromatic rings. The van der Waals surface area contributed by atoms with Crippen molar-refractivity contribution in [3.63, 3.8) is 0 Å². The van der Waals surface area contributed by atoms with Crippen LogP contribution in [0.25, 0.3) is 0 Å². The fourth-order valence-corrected chi connectivity index (χ4v) is 1.71. The third kappa shape index (κ3) is 4.75. The molecule has 0 aliphatic rings. The Bertz CT molecular complexity index is 380. The molecule has 0 atom stereocenters. The average molecular weight is 250 g/mol. The van der Waals surface area contributed by atoms with Crippen LogP contribution >= 0.6 is 0 Å². The zero-order chi connectivity index (χ0) is 13.4. The Morgan fingerprint density at radius 1 is 1.44 bits per heavy atom. The molecule has 100 valence electrons. The number of hydrogen-bond donors (Lipinski definition) is 1. The summed E-state index contributed by atoms with van der Waals surface area (Å²) in [6.45, 7) is 1.71. The summed E-state index contributed by atoms with van der Waals surface area (Å²) in [6.07, 6.45) is 1.39. The van der Waals surface area contributed by atoms with Gasteiger partial charge in [-0.1, -0.05) is 12.1 Å². The van der Waals surface area contributed by atoms with Gasteiger partial charge in [0.25, 0.3) is 0 Å². The summed E-state index contributed by atoms with van der Waals surface area (Å²) in [7, 11) is 5.39. The quantitative estimate of drug-likeness (QED) is 0.742. The van der Waals surface area contributed by atoms with Crippen LogP contribution in [0.3, 0.4) is 0 Å². The summed E-state index contributed by atoms with van der Waals surface area (Å²) in [6, 6.07) is 7.63. The molecule has 0 heterocycles. The van der Waals surface area contributed by atoms with Crippen LogP contribution in [0.4, 0.5) is 0 Å². The number of amides is 1. The van der Waals surface area contributed by atoms with E-state index in [9.17, 15) is 4.79 Å². The maximum atomic E-state index is 12.0. The molecule has 0 radical (unpaired) electrons. The predicted molar refractivity (Wildman–Crippen MR) is 72.9 cm³/mol. The molecule has 1 amide bonds. The number of rotatable bonds is 7.